The van der Waals surface area contributed by atoms with Gasteiger partial charge in [0.25, 0.3) is 0 Å². The van der Waals surface area contributed by atoms with E-state index in [1.807, 2.05) is 54.7 Å². The van der Waals surface area contributed by atoms with Crippen molar-refractivity contribution >= 4 is 11.0 Å². The number of hydrogen-bond acceptors (Lipinski definition) is 4. The van der Waals surface area contributed by atoms with Crippen molar-refractivity contribution in [2.24, 2.45) is 7.05 Å². The van der Waals surface area contributed by atoms with Gasteiger partial charge in [0, 0.05) is 36.1 Å². The van der Waals surface area contributed by atoms with Crippen LogP contribution >= 0.6 is 0 Å². The zero-order chi connectivity index (χ0) is 23.9. The highest BCUT2D eigenvalue weighted by molar-refractivity contribution is 5.83. The molecule has 0 aliphatic rings. The van der Waals surface area contributed by atoms with E-state index >= 15 is 0 Å². The third kappa shape index (κ3) is 3.63. The number of benzene rings is 3. The molecule has 0 aliphatic carbocycles. The summed E-state index contributed by atoms with van der Waals surface area (Å²) in [6.07, 6.45) is 6.94. The average molecular weight is 459 g/mol. The van der Waals surface area contributed by atoms with Gasteiger partial charge in [-0.25, -0.2) is 9.78 Å². The summed E-state index contributed by atoms with van der Waals surface area (Å²) in [6.45, 7) is 2.05. The topological polar surface area (TPSA) is 81.4 Å². The zero-order valence-corrected chi connectivity index (χ0v) is 19.3. The summed E-state index contributed by atoms with van der Waals surface area (Å²) >= 11 is 0. The summed E-state index contributed by atoms with van der Waals surface area (Å²) in [6, 6.07) is 21.9. The molecule has 7 heteroatoms. The van der Waals surface area contributed by atoms with Gasteiger partial charge in [0.05, 0.1) is 40.5 Å². The first-order valence-electron chi connectivity index (χ1n) is 11.3. The van der Waals surface area contributed by atoms with Gasteiger partial charge in [0.1, 0.15) is 5.82 Å². The molecule has 7 nitrogen and oxygen atoms in total. The highest BCUT2D eigenvalue weighted by Crippen LogP contribution is 2.29. The van der Waals surface area contributed by atoms with Gasteiger partial charge in [-0.05, 0) is 55.0 Å². The SMILES string of the molecule is Cc1cc(-c2cnccn2)cc(-c2ncc(-c3ccc4c(c3)n(C)c(=O)n4-c3ccccc3)[nH]2)c1. The Bertz CT molecular complexity index is 1730. The molecule has 0 amide bonds. The number of aromatic nitrogens is 6. The monoisotopic (exact) mass is 458 g/mol. The lowest BCUT2D eigenvalue weighted by molar-refractivity contribution is 0.846. The van der Waals surface area contributed by atoms with Crippen LogP contribution in [-0.4, -0.2) is 29.1 Å². The van der Waals surface area contributed by atoms with Crippen LogP contribution in [-0.2, 0) is 7.05 Å². The molecule has 6 aromatic rings. The van der Waals surface area contributed by atoms with Crippen molar-refractivity contribution in [3.63, 3.8) is 0 Å². The summed E-state index contributed by atoms with van der Waals surface area (Å²) in [5, 5.41) is 0. The summed E-state index contributed by atoms with van der Waals surface area (Å²) in [4.78, 5) is 29.7. The Kier molecular flexibility index (Phi) is 4.88. The van der Waals surface area contributed by atoms with Crippen LogP contribution in [0.25, 0.3) is 50.6 Å². The Hall–Kier alpha value is -4.78. The van der Waals surface area contributed by atoms with Gasteiger partial charge >= 0.3 is 5.69 Å². The van der Waals surface area contributed by atoms with Gasteiger partial charge in [-0.15, -0.1) is 0 Å². The normalized spacial score (nSPS) is 11.3. The van der Waals surface area contributed by atoms with Crippen LogP contribution in [0.15, 0.2) is 96.3 Å². The van der Waals surface area contributed by atoms with E-state index in [1.165, 1.54) is 0 Å². The average Bonchev–Trinajstić information content (AvgIpc) is 3.48. The number of nitrogens with zero attached hydrogens (tertiary/aromatic N) is 5. The lowest BCUT2D eigenvalue weighted by Gasteiger charge is -2.06. The minimum Gasteiger partial charge on any atom is -0.338 e. The number of rotatable bonds is 4. The van der Waals surface area contributed by atoms with Gasteiger partial charge < -0.3 is 4.98 Å². The Morgan fingerprint density at radius 1 is 0.800 bits per heavy atom. The molecule has 1 N–H and O–H groups in total. The minimum atomic E-state index is -0.0787. The van der Waals surface area contributed by atoms with Crippen LogP contribution in [0.5, 0.6) is 0 Å². The molecule has 0 spiro atoms. The molecule has 0 atom stereocenters. The van der Waals surface area contributed by atoms with Crippen molar-refractivity contribution in [2.75, 3.05) is 0 Å². The summed E-state index contributed by atoms with van der Waals surface area (Å²) < 4.78 is 3.41. The lowest BCUT2D eigenvalue weighted by Crippen LogP contribution is -2.20. The number of nitrogens with one attached hydrogen (secondary N) is 1. The molecule has 170 valence electrons. The molecule has 0 saturated carbocycles. The van der Waals surface area contributed by atoms with Gasteiger partial charge in [0.15, 0.2) is 0 Å². The van der Waals surface area contributed by atoms with E-state index in [9.17, 15) is 4.79 Å². The van der Waals surface area contributed by atoms with E-state index < -0.39 is 0 Å². The summed E-state index contributed by atoms with van der Waals surface area (Å²) in [7, 11) is 1.80. The van der Waals surface area contributed by atoms with Crippen molar-refractivity contribution in [1.29, 1.82) is 0 Å². The van der Waals surface area contributed by atoms with Gasteiger partial charge in [0.2, 0.25) is 0 Å². The number of aromatic amines is 1. The van der Waals surface area contributed by atoms with Crippen molar-refractivity contribution in [3.8, 4) is 39.6 Å². The number of imidazole rings is 2. The predicted molar refractivity (Wildman–Crippen MR) is 137 cm³/mol. The molecule has 35 heavy (non-hydrogen) atoms. The van der Waals surface area contributed by atoms with E-state index in [0.717, 1.165) is 56.2 Å². The van der Waals surface area contributed by atoms with E-state index in [2.05, 4.69) is 45.1 Å². The largest absolute Gasteiger partial charge is 0.338 e. The molecule has 0 aliphatic heterocycles. The maximum atomic E-state index is 13.0. The van der Waals surface area contributed by atoms with Crippen molar-refractivity contribution in [3.05, 3.63) is 108 Å². The number of fused-ring (bicyclic) bond motifs is 1. The molecule has 0 bridgehead atoms. The molecule has 3 aromatic heterocycles. The fourth-order valence-electron chi connectivity index (χ4n) is 4.46. The van der Waals surface area contributed by atoms with Crippen molar-refractivity contribution in [2.45, 2.75) is 6.92 Å². The Balaban J connectivity index is 1.41. The van der Waals surface area contributed by atoms with E-state index in [-0.39, 0.29) is 5.69 Å². The Labute approximate surface area is 201 Å². The predicted octanol–water partition coefficient (Wildman–Crippen LogP) is 5.15. The van der Waals surface area contributed by atoms with Crippen LogP contribution in [0.1, 0.15) is 5.56 Å². The molecule has 3 aromatic carbocycles. The van der Waals surface area contributed by atoms with E-state index in [4.69, 9.17) is 0 Å². The molecule has 0 saturated heterocycles. The van der Waals surface area contributed by atoms with Crippen LogP contribution < -0.4 is 5.69 Å². The smallest absolute Gasteiger partial charge is 0.333 e. The van der Waals surface area contributed by atoms with Crippen LogP contribution in [0.4, 0.5) is 0 Å². The fraction of sp³-hybridized carbons (Fsp3) is 0.0714. The van der Waals surface area contributed by atoms with Gasteiger partial charge in [-0.1, -0.05) is 24.3 Å². The zero-order valence-electron chi connectivity index (χ0n) is 19.3. The number of para-hydroxylation sites is 1. The second-order valence-corrected chi connectivity index (χ2v) is 8.54. The van der Waals surface area contributed by atoms with E-state index in [1.54, 1.807) is 34.8 Å². The van der Waals surface area contributed by atoms with Crippen LogP contribution in [0.3, 0.4) is 0 Å². The van der Waals surface area contributed by atoms with Crippen molar-refractivity contribution in [1.82, 2.24) is 29.1 Å². The lowest BCUT2D eigenvalue weighted by atomic mass is 10.0. The molecule has 0 radical (unpaired) electrons. The maximum absolute atomic E-state index is 13.0. The fourth-order valence-corrected chi connectivity index (χ4v) is 4.46. The first kappa shape index (κ1) is 20.8. The molecule has 6 rings (SSSR count). The third-order valence-electron chi connectivity index (χ3n) is 6.17. The molecule has 3 heterocycles. The van der Waals surface area contributed by atoms with Crippen LogP contribution in [0.2, 0.25) is 0 Å². The molecular weight excluding hydrogens is 436 g/mol. The Morgan fingerprint density at radius 3 is 2.43 bits per heavy atom. The first-order valence-corrected chi connectivity index (χ1v) is 11.3. The molecule has 0 fully saturated rings. The second-order valence-electron chi connectivity index (χ2n) is 8.54. The quantitative estimate of drug-likeness (QED) is 0.396. The number of aryl methyl sites for hydroxylation is 2. The number of hydrogen-bond donors (Lipinski definition) is 1. The second kappa shape index (κ2) is 8.22. The molecular formula is C28H22N6O. The molecule has 0 unspecified atom stereocenters. The summed E-state index contributed by atoms with van der Waals surface area (Å²) in [5.74, 6) is 0.768. The van der Waals surface area contributed by atoms with Crippen molar-refractivity contribution < 1.29 is 0 Å². The Morgan fingerprint density at radius 2 is 1.63 bits per heavy atom. The maximum Gasteiger partial charge on any atom is 0.333 e. The highest BCUT2D eigenvalue weighted by Gasteiger charge is 2.15. The summed E-state index contributed by atoms with van der Waals surface area (Å²) in [5.41, 5.74) is 8.21. The number of H-pyrrole nitrogens is 1. The van der Waals surface area contributed by atoms with Gasteiger partial charge in [-0.3, -0.25) is 19.1 Å². The minimum absolute atomic E-state index is 0.0787. The van der Waals surface area contributed by atoms with Gasteiger partial charge in [-0.2, -0.15) is 0 Å². The van der Waals surface area contributed by atoms with E-state index in [0.29, 0.717) is 0 Å². The highest BCUT2D eigenvalue weighted by atomic mass is 16.1. The van der Waals surface area contributed by atoms with Crippen LogP contribution in [0, 0.1) is 6.92 Å². The third-order valence-corrected chi connectivity index (χ3v) is 6.17. The first-order chi connectivity index (χ1) is 17.1. The standard InChI is InChI=1S/C28H22N6O/c1-18-12-20(23-16-29-10-11-30-23)14-21(13-18)27-31-17-24(32-27)19-8-9-25-26(15-19)33(2)28(35)34(25)22-6-4-3-5-7-22/h3-17H,1-2H3,(H,31,32).